The van der Waals surface area contributed by atoms with E-state index < -0.39 is 74.1 Å². The fourth-order valence-corrected chi connectivity index (χ4v) is 10.6. The Balaban J connectivity index is 1.29. The number of aryl methyl sites for hydroxylation is 1. The molecule has 7 rings (SSSR count). The zero-order chi connectivity index (χ0) is 44.6. The molecule has 338 valence electrons. The number of hydrogen-bond donors (Lipinski definition) is 3. The number of methoxy groups -OCH3 is 1. The van der Waals surface area contributed by atoms with E-state index in [1.54, 1.807) is 20.2 Å². The standard InChI is InChI=1S/C45H62N6O10S/c1-7-13-38(52)50(5)37-23-36-32-20-28(35(59-6)22-33(32)46-37)16-12-19-44(3,4)26-60-43(56)47-39(27-14-10-9-11-15-27)41(54)51-25-30(61-36)21-34(51)40(53)48-45(24-29(45)8-2)42(55)49-62(57,58)31-17-18-31/h8,20,22-23,27,29-31,34,39H,2,7,9-19,21,24-26H2,1,3-6H3,(H,47,56)(H,48,53)(H,49,55)/t29-,30+,34-,39-,45+/m0/s1. The van der Waals surface area contributed by atoms with Crippen LogP contribution >= 0.6 is 0 Å². The number of pyridine rings is 1. The van der Waals surface area contributed by atoms with E-state index in [0.717, 1.165) is 31.2 Å². The molecule has 3 saturated carbocycles. The Kier molecular flexibility index (Phi) is 13.1. The number of ether oxygens (including phenoxy) is 3. The van der Waals surface area contributed by atoms with E-state index in [2.05, 4.69) is 21.9 Å². The van der Waals surface area contributed by atoms with Crippen molar-refractivity contribution in [3.05, 3.63) is 36.4 Å². The number of nitrogens with one attached hydrogen (secondary N) is 3. The van der Waals surface area contributed by atoms with Gasteiger partial charge in [0.05, 0.1) is 31.0 Å². The highest BCUT2D eigenvalue weighted by Crippen LogP contribution is 2.46. The second kappa shape index (κ2) is 18.0. The van der Waals surface area contributed by atoms with Crippen molar-refractivity contribution in [2.24, 2.45) is 17.3 Å². The highest BCUT2D eigenvalue weighted by atomic mass is 32.2. The van der Waals surface area contributed by atoms with Gasteiger partial charge in [0.2, 0.25) is 27.7 Å². The van der Waals surface area contributed by atoms with Crippen LogP contribution in [0.15, 0.2) is 30.9 Å². The number of nitrogens with zero attached hydrogens (tertiary/aromatic N) is 3. The van der Waals surface area contributed by atoms with Crippen LogP contribution in [0.3, 0.4) is 0 Å². The number of alkyl carbamates (subject to hydrolysis) is 1. The molecule has 5 aliphatic rings. The van der Waals surface area contributed by atoms with Crippen LogP contribution in [0.1, 0.15) is 110 Å². The molecule has 5 atom stereocenters. The molecule has 2 aliphatic heterocycles. The van der Waals surface area contributed by atoms with Crippen LogP contribution in [0.2, 0.25) is 0 Å². The molecule has 1 saturated heterocycles. The number of aromatic nitrogens is 1. The summed E-state index contributed by atoms with van der Waals surface area (Å²) < 4.78 is 46.4. The summed E-state index contributed by atoms with van der Waals surface area (Å²) in [5.41, 5.74) is -0.569. The van der Waals surface area contributed by atoms with Gasteiger partial charge in [0.1, 0.15) is 41.0 Å². The van der Waals surface area contributed by atoms with Crippen molar-refractivity contribution in [2.45, 2.75) is 140 Å². The topological polar surface area (TPSA) is 203 Å². The molecule has 5 amide bonds. The van der Waals surface area contributed by atoms with Crippen LogP contribution in [0.5, 0.6) is 11.5 Å². The van der Waals surface area contributed by atoms with Crippen molar-refractivity contribution >= 4 is 56.5 Å². The number of hydrogen-bond acceptors (Lipinski definition) is 11. The van der Waals surface area contributed by atoms with Gasteiger partial charge in [-0.1, -0.05) is 46.1 Å². The molecule has 17 heteroatoms. The van der Waals surface area contributed by atoms with Crippen molar-refractivity contribution in [3.8, 4) is 11.5 Å². The van der Waals surface area contributed by atoms with Crippen LogP contribution in [0, 0.1) is 17.3 Å². The van der Waals surface area contributed by atoms with E-state index in [1.807, 2.05) is 32.9 Å². The number of cyclic esters (lactones) is 1. The molecule has 62 heavy (non-hydrogen) atoms. The Morgan fingerprint density at radius 1 is 1.10 bits per heavy atom. The predicted octanol–water partition coefficient (Wildman–Crippen LogP) is 5.06. The molecule has 0 radical (unpaired) electrons. The Hall–Kier alpha value is -4.93. The van der Waals surface area contributed by atoms with Crippen molar-refractivity contribution < 1.29 is 46.6 Å². The minimum atomic E-state index is -3.93. The molecule has 4 bridgehead atoms. The van der Waals surface area contributed by atoms with Gasteiger partial charge in [0, 0.05) is 43.3 Å². The molecule has 0 spiro atoms. The molecule has 2 aromatic rings. The van der Waals surface area contributed by atoms with Crippen molar-refractivity contribution in [1.29, 1.82) is 0 Å². The van der Waals surface area contributed by atoms with Crippen LogP contribution in [-0.4, -0.2) is 104 Å². The number of carbonyl (C=O) groups excluding carboxylic acids is 5. The lowest BCUT2D eigenvalue weighted by atomic mass is 9.83. The summed E-state index contributed by atoms with van der Waals surface area (Å²) in [6.07, 6.45) is 8.20. The van der Waals surface area contributed by atoms with Gasteiger partial charge in [-0.15, -0.1) is 6.58 Å². The summed E-state index contributed by atoms with van der Waals surface area (Å²) >= 11 is 0. The summed E-state index contributed by atoms with van der Waals surface area (Å²) in [6.45, 7) is 9.83. The zero-order valence-electron chi connectivity index (χ0n) is 36.6. The van der Waals surface area contributed by atoms with E-state index in [0.29, 0.717) is 79.6 Å². The molecular weight excluding hydrogens is 817 g/mol. The third-order valence-electron chi connectivity index (χ3n) is 13.3. The average Bonchev–Trinajstić information content (AvgIpc) is 4.18. The predicted molar refractivity (Wildman–Crippen MR) is 232 cm³/mol. The normalized spacial score (nSPS) is 26.9. The summed E-state index contributed by atoms with van der Waals surface area (Å²) in [5, 5.41) is 5.75. The first kappa shape index (κ1) is 45.1. The van der Waals surface area contributed by atoms with Gasteiger partial charge in [-0.2, -0.15) is 0 Å². The quantitative estimate of drug-likeness (QED) is 0.255. The largest absolute Gasteiger partial charge is 0.496 e. The summed E-state index contributed by atoms with van der Waals surface area (Å²) in [6, 6.07) is 3.31. The van der Waals surface area contributed by atoms with Crippen molar-refractivity contribution in [2.75, 3.05) is 32.2 Å². The van der Waals surface area contributed by atoms with Gasteiger partial charge < -0.3 is 29.7 Å². The average molecular weight is 879 g/mol. The minimum Gasteiger partial charge on any atom is -0.496 e. The lowest BCUT2D eigenvalue weighted by molar-refractivity contribution is -0.142. The number of benzene rings is 1. The Bertz CT molecular complexity index is 2200. The van der Waals surface area contributed by atoms with Crippen LogP contribution in [0.4, 0.5) is 10.6 Å². The first-order valence-corrected chi connectivity index (χ1v) is 23.7. The summed E-state index contributed by atoms with van der Waals surface area (Å²) in [5.74, 6) is -1.53. The Morgan fingerprint density at radius 3 is 2.50 bits per heavy atom. The Labute approximate surface area is 364 Å². The maximum Gasteiger partial charge on any atom is 0.407 e. The number of rotatable bonds is 11. The lowest BCUT2D eigenvalue weighted by Crippen LogP contribution is -2.59. The highest BCUT2D eigenvalue weighted by molar-refractivity contribution is 7.91. The molecule has 3 N–H and O–H groups in total. The SMILES string of the molecule is C=C[C@H]1C[C@]1(NC(=O)[C@@H]1C[C@@H]2CN1C(=O)[C@H](C1CCCCC1)NC(=O)OCC(C)(C)CCCc1cc3c(cc(N(C)C(=O)CCC)nc3cc1OC)O2)C(=O)NS(=O)(=O)C1CC1. The van der Waals surface area contributed by atoms with E-state index in [4.69, 9.17) is 19.2 Å². The molecule has 16 nitrogen and oxygen atoms in total. The van der Waals surface area contributed by atoms with Crippen LogP contribution in [-0.2, 0) is 40.4 Å². The number of fused-ring (bicyclic) bond motifs is 3. The first-order chi connectivity index (χ1) is 29.5. The van der Waals surface area contributed by atoms with Crippen LogP contribution in [0.25, 0.3) is 10.9 Å². The van der Waals surface area contributed by atoms with E-state index >= 15 is 4.79 Å². The van der Waals surface area contributed by atoms with E-state index in [-0.39, 0.29) is 37.8 Å². The summed E-state index contributed by atoms with van der Waals surface area (Å²) in [7, 11) is -0.689. The second-order valence-corrected chi connectivity index (χ2v) is 20.6. The van der Waals surface area contributed by atoms with Gasteiger partial charge in [-0.3, -0.25) is 28.8 Å². The second-order valence-electron chi connectivity index (χ2n) is 18.6. The fraction of sp³-hybridized carbons (Fsp3) is 0.644. The van der Waals surface area contributed by atoms with E-state index in [9.17, 15) is 27.6 Å². The third-order valence-corrected chi connectivity index (χ3v) is 15.1. The molecule has 4 fully saturated rings. The molecular formula is C45H62N6O10S. The number of carbonyl (C=O) groups is 5. The van der Waals surface area contributed by atoms with Gasteiger partial charge in [-0.05, 0) is 80.8 Å². The minimum absolute atomic E-state index is 0.00279. The van der Waals surface area contributed by atoms with Gasteiger partial charge in [-0.25, -0.2) is 18.2 Å². The molecule has 1 aromatic carbocycles. The maximum atomic E-state index is 15.0. The number of sulfonamides is 1. The monoisotopic (exact) mass is 878 g/mol. The first-order valence-electron chi connectivity index (χ1n) is 22.2. The van der Waals surface area contributed by atoms with E-state index in [1.165, 1.54) is 15.9 Å². The molecule has 1 aromatic heterocycles. The Morgan fingerprint density at radius 2 is 1.84 bits per heavy atom. The number of anilines is 1. The van der Waals surface area contributed by atoms with Crippen molar-refractivity contribution in [1.82, 2.24) is 25.2 Å². The highest BCUT2D eigenvalue weighted by Gasteiger charge is 2.62. The fourth-order valence-electron chi connectivity index (χ4n) is 9.28. The number of amides is 5. The molecule has 0 unspecified atom stereocenters. The smallest absolute Gasteiger partial charge is 0.407 e. The van der Waals surface area contributed by atoms with Crippen LogP contribution < -0.4 is 29.7 Å². The van der Waals surface area contributed by atoms with Gasteiger partial charge in [0.15, 0.2) is 0 Å². The van der Waals surface area contributed by atoms with Gasteiger partial charge in [0.25, 0.3) is 5.91 Å². The zero-order valence-corrected chi connectivity index (χ0v) is 37.4. The maximum absolute atomic E-state index is 15.0. The molecule has 3 aliphatic carbocycles. The van der Waals surface area contributed by atoms with Gasteiger partial charge >= 0.3 is 6.09 Å². The summed E-state index contributed by atoms with van der Waals surface area (Å²) in [4.78, 5) is 78.0. The third kappa shape index (κ3) is 9.66. The molecule has 3 heterocycles. The van der Waals surface area contributed by atoms with Crippen molar-refractivity contribution in [3.63, 3.8) is 0 Å². The lowest BCUT2D eigenvalue weighted by Gasteiger charge is -2.35.